The molecule has 0 fully saturated rings. The van der Waals surface area contributed by atoms with Crippen molar-refractivity contribution in [2.45, 2.75) is 13.0 Å². The number of anilines is 1. The van der Waals surface area contributed by atoms with Crippen LogP contribution in [0.2, 0.25) is 0 Å². The van der Waals surface area contributed by atoms with Gasteiger partial charge in [0.2, 0.25) is 0 Å². The first kappa shape index (κ1) is 18.8. The number of fused-ring (bicyclic) bond motifs is 1. The van der Waals surface area contributed by atoms with Gasteiger partial charge in [-0.25, -0.2) is 4.98 Å². The average Bonchev–Trinajstić information content (AvgIpc) is 2.70. The van der Waals surface area contributed by atoms with E-state index in [9.17, 15) is 5.11 Å². The van der Waals surface area contributed by atoms with Gasteiger partial charge in [-0.1, -0.05) is 12.1 Å². The topological polar surface area (TPSA) is 72.8 Å². The zero-order chi connectivity index (χ0) is 19.4. The lowest BCUT2D eigenvalue weighted by molar-refractivity contribution is 0.190. The van der Waals surface area contributed by atoms with Crippen LogP contribution in [-0.4, -0.2) is 38.0 Å². The molecule has 2 aromatic carbocycles. The Labute approximate surface area is 158 Å². The van der Waals surface area contributed by atoms with Crippen molar-refractivity contribution in [3.63, 3.8) is 0 Å². The van der Waals surface area contributed by atoms with Crippen LogP contribution in [0.5, 0.6) is 17.2 Å². The number of aliphatic hydroxyl groups excluding tert-OH is 1. The minimum absolute atomic E-state index is 0.325. The number of pyridine rings is 1. The minimum atomic E-state index is -0.733. The predicted molar refractivity (Wildman–Crippen MR) is 106 cm³/mol. The van der Waals surface area contributed by atoms with Gasteiger partial charge in [-0.3, -0.25) is 0 Å². The Kier molecular flexibility index (Phi) is 5.66. The van der Waals surface area contributed by atoms with Gasteiger partial charge >= 0.3 is 0 Å². The maximum atomic E-state index is 10.6. The number of rotatable bonds is 7. The summed E-state index contributed by atoms with van der Waals surface area (Å²) in [5, 5.41) is 14.9. The minimum Gasteiger partial charge on any atom is -0.497 e. The fourth-order valence-electron chi connectivity index (χ4n) is 3.01. The lowest BCUT2D eigenvalue weighted by Crippen LogP contribution is -2.13. The van der Waals surface area contributed by atoms with E-state index in [0.717, 1.165) is 28.0 Å². The number of aryl methyl sites for hydroxylation is 1. The Morgan fingerprint density at radius 1 is 1.00 bits per heavy atom. The van der Waals surface area contributed by atoms with Crippen LogP contribution < -0.4 is 19.5 Å². The van der Waals surface area contributed by atoms with E-state index in [0.29, 0.717) is 23.6 Å². The molecule has 3 rings (SSSR count). The van der Waals surface area contributed by atoms with Crippen LogP contribution in [0.3, 0.4) is 0 Å². The van der Waals surface area contributed by atoms with Crippen LogP contribution >= 0.6 is 0 Å². The summed E-state index contributed by atoms with van der Waals surface area (Å²) in [6.45, 7) is 2.26. The SMILES string of the molecule is COc1cc(OC)cc(C(O)CNc2cc(C)nc3c(OC)cccc23)c1. The molecule has 27 heavy (non-hydrogen) atoms. The van der Waals surface area contributed by atoms with Crippen LogP contribution in [0.25, 0.3) is 10.9 Å². The normalized spacial score (nSPS) is 11.9. The molecule has 142 valence electrons. The number of benzene rings is 2. The quantitative estimate of drug-likeness (QED) is 0.662. The molecule has 1 aromatic heterocycles. The van der Waals surface area contributed by atoms with Crippen LogP contribution in [-0.2, 0) is 0 Å². The molecule has 0 bridgehead atoms. The number of nitrogens with zero attached hydrogens (tertiary/aromatic N) is 1. The van der Waals surface area contributed by atoms with Gasteiger partial charge in [0.05, 0.1) is 27.4 Å². The highest BCUT2D eigenvalue weighted by molar-refractivity contribution is 5.95. The van der Waals surface area contributed by atoms with Gasteiger partial charge < -0.3 is 24.6 Å². The van der Waals surface area contributed by atoms with E-state index in [2.05, 4.69) is 10.3 Å². The maximum Gasteiger partial charge on any atom is 0.145 e. The van der Waals surface area contributed by atoms with Crippen molar-refractivity contribution in [3.8, 4) is 17.2 Å². The molecule has 0 aliphatic heterocycles. The molecule has 1 atom stereocenters. The zero-order valence-electron chi connectivity index (χ0n) is 15.9. The first-order valence-electron chi connectivity index (χ1n) is 8.65. The lowest BCUT2D eigenvalue weighted by atomic mass is 10.1. The molecule has 2 N–H and O–H groups in total. The number of para-hydroxylation sites is 1. The summed E-state index contributed by atoms with van der Waals surface area (Å²) in [5.41, 5.74) is 3.27. The van der Waals surface area contributed by atoms with E-state index in [4.69, 9.17) is 14.2 Å². The van der Waals surface area contributed by atoms with Crippen molar-refractivity contribution in [1.82, 2.24) is 4.98 Å². The van der Waals surface area contributed by atoms with E-state index in [1.165, 1.54) is 0 Å². The van der Waals surface area contributed by atoms with Gasteiger partial charge in [-0.15, -0.1) is 0 Å². The van der Waals surface area contributed by atoms with Gasteiger partial charge in [-0.05, 0) is 36.8 Å². The molecule has 3 aromatic rings. The van der Waals surface area contributed by atoms with Crippen LogP contribution in [0.4, 0.5) is 5.69 Å². The van der Waals surface area contributed by atoms with E-state index >= 15 is 0 Å². The second-order valence-electron chi connectivity index (χ2n) is 6.21. The monoisotopic (exact) mass is 368 g/mol. The highest BCUT2D eigenvalue weighted by Crippen LogP contribution is 2.31. The van der Waals surface area contributed by atoms with Crippen LogP contribution in [0.1, 0.15) is 17.4 Å². The summed E-state index contributed by atoms with van der Waals surface area (Å²) in [6.07, 6.45) is -0.733. The standard InChI is InChI=1S/C21H24N2O4/c1-13-8-18(17-6-5-7-20(27-4)21(17)23-13)22-12-19(24)14-9-15(25-2)11-16(10-14)26-3/h5-11,19,24H,12H2,1-4H3,(H,22,23). The summed E-state index contributed by atoms with van der Waals surface area (Å²) in [5.74, 6) is 1.99. The molecule has 0 spiro atoms. The first-order valence-corrected chi connectivity index (χ1v) is 8.65. The number of hydrogen-bond acceptors (Lipinski definition) is 6. The van der Waals surface area contributed by atoms with Gasteiger partial charge in [0.25, 0.3) is 0 Å². The van der Waals surface area contributed by atoms with Crippen LogP contribution in [0, 0.1) is 6.92 Å². The highest BCUT2D eigenvalue weighted by atomic mass is 16.5. The van der Waals surface area contributed by atoms with Gasteiger partial charge in [0, 0.05) is 29.4 Å². The smallest absolute Gasteiger partial charge is 0.145 e. The second-order valence-corrected chi connectivity index (χ2v) is 6.21. The molecule has 6 heteroatoms. The summed E-state index contributed by atoms with van der Waals surface area (Å²) in [6, 6.07) is 13.1. The van der Waals surface area contributed by atoms with Gasteiger partial charge in [0.1, 0.15) is 22.8 Å². The summed E-state index contributed by atoms with van der Waals surface area (Å²) in [4.78, 5) is 4.58. The fourth-order valence-corrected chi connectivity index (χ4v) is 3.01. The Morgan fingerprint density at radius 3 is 2.33 bits per heavy atom. The molecule has 0 saturated carbocycles. The third-order valence-electron chi connectivity index (χ3n) is 4.39. The molecule has 0 aliphatic carbocycles. The third-order valence-corrected chi connectivity index (χ3v) is 4.39. The number of hydrogen-bond donors (Lipinski definition) is 2. The fraction of sp³-hybridized carbons (Fsp3) is 0.286. The van der Waals surface area contributed by atoms with E-state index in [1.54, 1.807) is 39.5 Å². The molecule has 0 radical (unpaired) electrons. The summed E-state index contributed by atoms with van der Waals surface area (Å²) >= 11 is 0. The number of aliphatic hydroxyl groups is 1. The summed E-state index contributed by atoms with van der Waals surface area (Å²) in [7, 11) is 4.80. The second kappa shape index (κ2) is 8.14. The molecule has 0 saturated heterocycles. The largest absolute Gasteiger partial charge is 0.497 e. The van der Waals surface area contributed by atoms with Gasteiger partial charge in [0.15, 0.2) is 0 Å². The molecule has 1 unspecified atom stereocenters. The number of aromatic nitrogens is 1. The molecule has 0 amide bonds. The van der Waals surface area contributed by atoms with E-state index in [1.807, 2.05) is 31.2 Å². The molecule has 0 aliphatic rings. The van der Waals surface area contributed by atoms with Crippen molar-refractivity contribution >= 4 is 16.6 Å². The van der Waals surface area contributed by atoms with Crippen molar-refractivity contribution < 1.29 is 19.3 Å². The van der Waals surface area contributed by atoms with Crippen molar-refractivity contribution in [2.24, 2.45) is 0 Å². The molecule has 1 heterocycles. The van der Waals surface area contributed by atoms with E-state index in [-0.39, 0.29) is 0 Å². The molecular weight excluding hydrogens is 344 g/mol. The average molecular weight is 368 g/mol. The maximum absolute atomic E-state index is 10.6. The molecular formula is C21H24N2O4. The molecule has 6 nitrogen and oxygen atoms in total. The number of methoxy groups -OCH3 is 3. The van der Waals surface area contributed by atoms with Crippen molar-refractivity contribution in [2.75, 3.05) is 33.2 Å². The predicted octanol–water partition coefficient (Wildman–Crippen LogP) is 3.71. The summed E-state index contributed by atoms with van der Waals surface area (Å²) < 4.78 is 16.0. The Morgan fingerprint density at radius 2 is 1.70 bits per heavy atom. The van der Waals surface area contributed by atoms with Crippen molar-refractivity contribution in [3.05, 3.63) is 53.7 Å². The third kappa shape index (κ3) is 4.06. The highest BCUT2D eigenvalue weighted by Gasteiger charge is 2.13. The Hall–Kier alpha value is -2.99. The Bertz CT molecular complexity index is 921. The van der Waals surface area contributed by atoms with Crippen LogP contribution in [0.15, 0.2) is 42.5 Å². The lowest BCUT2D eigenvalue weighted by Gasteiger charge is -2.17. The van der Waals surface area contributed by atoms with E-state index < -0.39 is 6.10 Å². The van der Waals surface area contributed by atoms with Crippen molar-refractivity contribution in [1.29, 1.82) is 0 Å². The number of ether oxygens (including phenoxy) is 3. The number of nitrogens with one attached hydrogen (secondary N) is 1. The first-order chi connectivity index (χ1) is 13.0. The zero-order valence-corrected chi connectivity index (χ0v) is 15.9. The van der Waals surface area contributed by atoms with Gasteiger partial charge in [-0.2, -0.15) is 0 Å². The Balaban J connectivity index is 1.87.